The molecule has 4 rings (SSSR count). The molecule has 2 aromatic carbocycles. The Hall–Kier alpha value is -3.22. The second-order valence-corrected chi connectivity index (χ2v) is 6.36. The molecule has 0 aliphatic carbocycles. The van der Waals surface area contributed by atoms with E-state index in [2.05, 4.69) is 10.6 Å². The van der Waals surface area contributed by atoms with E-state index in [0.717, 1.165) is 29.3 Å². The standard InChI is InChI=1S/C19H16FN3O3/c20-13-2-1-3-14(10-13)21-18(25)19(26)22-15-8-11-4-5-16(24)23-7-6-12(9-15)17(11)23/h1-3,8-10H,4-7H2,(H,21,25)(H,22,26). The van der Waals surface area contributed by atoms with Crippen molar-refractivity contribution in [2.45, 2.75) is 19.3 Å². The Labute approximate surface area is 149 Å². The molecular weight excluding hydrogens is 337 g/mol. The maximum absolute atomic E-state index is 13.2. The number of nitrogens with one attached hydrogen (secondary N) is 2. The van der Waals surface area contributed by atoms with Gasteiger partial charge in [0, 0.05) is 24.3 Å². The molecule has 0 bridgehead atoms. The zero-order valence-electron chi connectivity index (χ0n) is 13.8. The normalized spacial score (nSPS) is 14.8. The number of benzene rings is 2. The summed E-state index contributed by atoms with van der Waals surface area (Å²) < 4.78 is 13.2. The van der Waals surface area contributed by atoms with Crippen LogP contribution in [0.15, 0.2) is 36.4 Å². The minimum absolute atomic E-state index is 0.127. The highest BCUT2D eigenvalue weighted by atomic mass is 19.1. The van der Waals surface area contributed by atoms with Crippen molar-refractivity contribution in [1.29, 1.82) is 0 Å². The maximum atomic E-state index is 13.2. The summed E-state index contributed by atoms with van der Waals surface area (Å²) in [4.78, 5) is 37.9. The van der Waals surface area contributed by atoms with Crippen molar-refractivity contribution in [3.63, 3.8) is 0 Å². The van der Waals surface area contributed by atoms with Crippen LogP contribution < -0.4 is 15.5 Å². The number of anilines is 3. The Morgan fingerprint density at radius 2 is 1.62 bits per heavy atom. The van der Waals surface area contributed by atoms with E-state index in [1.165, 1.54) is 18.2 Å². The number of halogens is 1. The van der Waals surface area contributed by atoms with Gasteiger partial charge in [0.1, 0.15) is 5.82 Å². The average molecular weight is 353 g/mol. The molecule has 0 atom stereocenters. The molecule has 2 aromatic rings. The van der Waals surface area contributed by atoms with Crippen LogP contribution in [0.4, 0.5) is 21.5 Å². The van der Waals surface area contributed by atoms with E-state index in [9.17, 15) is 18.8 Å². The van der Waals surface area contributed by atoms with Gasteiger partial charge in [-0.3, -0.25) is 14.4 Å². The third-order valence-electron chi connectivity index (χ3n) is 4.60. The summed E-state index contributed by atoms with van der Waals surface area (Å²) in [6.45, 7) is 0.651. The number of aryl methyl sites for hydroxylation is 1. The summed E-state index contributed by atoms with van der Waals surface area (Å²) in [6, 6.07) is 8.93. The predicted molar refractivity (Wildman–Crippen MR) is 94.5 cm³/mol. The van der Waals surface area contributed by atoms with Crippen LogP contribution in [0.1, 0.15) is 17.5 Å². The van der Waals surface area contributed by atoms with Gasteiger partial charge in [-0.25, -0.2) is 4.39 Å². The first-order valence-corrected chi connectivity index (χ1v) is 8.35. The molecule has 0 radical (unpaired) electrons. The minimum Gasteiger partial charge on any atom is -0.318 e. The van der Waals surface area contributed by atoms with Gasteiger partial charge < -0.3 is 15.5 Å². The molecule has 2 aliphatic heterocycles. The highest BCUT2D eigenvalue weighted by Crippen LogP contribution is 2.38. The van der Waals surface area contributed by atoms with Crippen molar-refractivity contribution in [3.8, 4) is 0 Å². The minimum atomic E-state index is -0.874. The van der Waals surface area contributed by atoms with Crippen molar-refractivity contribution in [2.24, 2.45) is 0 Å². The summed E-state index contributed by atoms with van der Waals surface area (Å²) in [5, 5.41) is 4.95. The SMILES string of the molecule is O=C(Nc1cccc(F)c1)C(=O)Nc1cc2c3c(c1)CCN3C(=O)CC2. The summed E-state index contributed by atoms with van der Waals surface area (Å²) in [5.74, 6) is -2.08. The van der Waals surface area contributed by atoms with Gasteiger partial charge in [0.05, 0.1) is 5.69 Å². The number of hydrogen-bond acceptors (Lipinski definition) is 3. The molecule has 0 spiro atoms. The number of nitrogens with zero attached hydrogens (tertiary/aromatic N) is 1. The van der Waals surface area contributed by atoms with Crippen LogP contribution in [-0.2, 0) is 27.2 Å². The fourth-order valence-corrected chi connectivity index (χ4v) is 3.47. The van der Waals surface area contributed by atoms with Gasteiger partial charge >= 0.3 is 11.8 Å². The molecule has 2 aliphatic rings. The molecule has 7 heteroatoms. The van der Waals surface area contributed by atoms with E-state index in [1.807, 2.05) is 0 Å². The highest BCUT2D eigenvalue weighted by Gasteiger charge is 2.31. The molecule has 2 heterocycles. The molecule has 0 aromatic heterocycles. The van der Waals surface area contributed by atoms with Gasteiger partial charge in [-0.2, -0.15) is 0 Å². The Kier molecular flexibility index (Phi) is 3.91. The third kappa shape index (κ3) is 2.92. The molecule has 2 N–H and O–H groups in total. The molecule has 6 nitrogen and oxygen atoms in total. The first-order valence-electron chi connectivity index (χ1n) is 8.35. The van der Waals surface area contributed by atoms with Crippen LogP contribution in [0.25, 0.3) is 0 Å². The Morgan fingerprint density at radius 1 is 0.923 bits per heavy atom. The molecule has 0 saturated carbocycles. The lowest BCUT2D eigenvalue weighted by atomic mass is 9.98. The lowest BCUT2D eigenvalue weighted by Gasteiger charge is -2.25. The highest BCUT2D eigenvalue weighted by molar-refractivity contribution is 6.43. The molecule has 132 valence electrons. The predicted octanol–water partition coefficient (Wildman–Crippen LogP) is 2.24. The van der Waals surface area contributed by atoms with E-state index in [-0.39, 0.29) is 11.6 Å². The lowest BCUT2D eigenvalue weighted by molar-refractivity contribution is -0.133. The molecule has 0 saturated heterocycles. The van der Waals surface area contributed by atoms with Crippen molar-refractivity contribution in [1.82, 2.24) is 0 Å². The van der Waals surface area contributed by atoms with Crippen molar-refractivity contribution >= 4 is 34.8 Å². The van der Waals surface area contributed by atoms with Crippen molar-refractivity contribution in [2.75, 3.05) is 22.1 Å². The van der Waals surface area contributed by atoms with Crippen LogP contribution in [0.2, 0.25) is 0 Å². The van der Waals surface area contributed by atoms with Crippen LogP contribution >= 0.6 is 0 Å². The van der Waals surface area contributed by atoms with Crippen LogP contribution in [0.3, 0.4) is 0 Å². The summed E-state index contributed by atoms with van der Waals surface area (Å²) >= 11 is 0. The van der Waals surface area contributed by atoms with E-state index >= 15 is 0 Å². The molecule has 26 heavy (non-hydrogen) atoms. The van der Waals surface area contributed by atoms with E-state index < -0.39 is 17.6 Å². The number of amides is 3. The first kappa shape index (κ1) is 16.3. The topological polar surface area (TPSA) is 78.5 Å². The lowest BCUT2D eigenvalue weighted by Crippen LogP contribution is -2.33. The number of rotatable bonds is 2. The quantitative estimate of drug-likeness (QED) is 0.813. The Bertz CT molecular complexity index is 942. The van der Waals surface area contributed by atoms with E-state index in [0.29, 0.717) is 25.1 Å². The number of hydrogen-bond donors (Lipinski definition) is 2. The fourth-order valence-electron chi connectivity index (χ4n) is 3.47. The third-order valence-corrected chi connectivity index (χ3v) is 4.60. The average Bonchev–Trinajstić information content (AvgIpc) is 3.03. The summed E-state index contributed by atoms with van der Waals surface area (Å²) in [5.41, 5.74) is 3.68. The van der Waals surface area contributed by atoms with Gasteiger partial charge in [-0.1, -0.05) is 6.07 Å². The van der Waals surface area contributed by atoms with Crippen molar-refractivity contribution < 1.29 is 18.8 Å². The number of carbonyl (C=O) groups is 3. The van der Waals surface area contributed by atoms with Crippen LogP contribution in [0.5, 0.6) is 0 Å². The zero-order valence-corrected chi connectivity index (χ0v) is 13.8. The molecule has 3 amide bonds. The van der Waals surface area contributed by atoms with Crippen molar-refractivity contribution in [3.05, 3.63) is 53.3 Å². The fraction of sp³-hybridized carbons (Fsp3) is 0.211. The van der Waals surface area contributed by atoms with Gasteiger partial charge in [0.2, 0.25) is 5.91 Å². The monoisotopic (exact) mass is 353 g/mol. The first-order chi connectivity index (χ1) is 12.5. The summed E-state index contributed by atoms with van der Waals surface area (Å²) in [7, 11) is 0. The van der Waals surface area contributed by atoms with Crippen LogP contribution in [-0.4, -0.2) is 24.3 Å². The van der Waals surface area contributed by atoms with Gasteiger partial charge in [0.15, 0.2) is 0 Å². The molecule has 0 fully saturated rings. The van der Waals surface area contributed by atoms with Crippen LogP contribution in [0, 0.1) is 5.82 Å². The second-order valence-electron chi connectivity index (χ2n) is 6.36. The molecular formula is C19H16FN3O3. The Balaban J connectivity index is 1.50. The van der Waals surface area contributed by atoms with E-state index in [1.54, 1.807) is 17.0 Å². The maximum Gasteiger partial charge on any atom is 0.314 e. The van der Waals surface area contributed by atoms with Gasteiger partial charge in [-0.15, -0.1) is 0 Å². The molecule has 0 unspecified atom stereocenters. The smallest absolute Gasteiger partial charge is 0.314 e. The van der Waals surface area contributed by atoms with E-state index in [4.69, 9.17) is 0 Å². The zero-order chi connectivity index (χ0) is 18.3. The largest absolute Gasteiger partial charge is 0.318 e. The van der Waals surface area contributed by atoms with Gasteiger partial charge in [-0.05, 0) is 54.3 Å². The number of carbonyl (C=O) groups excluding carboxylic acids is 3. The Morgan fingerprint density at radius 3 is 2.35 bits per heavy atom. The van der Waals surface area contributed by atoms with Gasteiger partial charge in [0.25, 0.3) is 0 Å². The summed E-state index contributed by atoms with van der Waals surface area (Å²) in [6.07, 6.45) is 1.80. The second kappa shape index (κ2) is 6.25.